The molecule has 10 heteroatoms. The number of nitrogens with one attached hydrogen (secondary N) is 2. The van der Waals surface area contributed by atoms with Crippen molar-refractivity contribution in [3.05, 3.63) is 64.7 Å². The quantitative estimate of drug-likeness (QED) is 0.244. The molecule has 184 valence electrons. The highest BCUT2D eigenvalue weighted by atomic mass is 16.7. The van der Waals surface area contributed by atoms with Crippen molar-refractivity contribution >= 4 is 29.8 Å². The number of imide groups is 1. The maximum atomic E-state index is 12.6. The molecule has 0 aliphatic carbocycles. The maximum absolute atomic E-state index is 12.6. The van der Waals surface area contributed by atoms with Gasteiger partial charge in [0, 0.05) is 30.8 Å². The molecule has 2 aromatic rings. The average molecular weight is 482 g/mol. The van der Waals surface area contributed by atoms with E-state index in [1.54, 1.807) is 6.92 Å². The molecule has 0 bridgehead atoms. The molecular formula is C25H27N3O7. The lowest BCUT2D eigenvalue weighted by molar-refractivity contribution is 0.0635. The summed E-state index contributed by atoms with van der Waals surface area (Å²) >= 11 is 0. The predicted molar refractivity (Wildman–Crippen MR) is 125 cm³/mol. The monoisotopic (exact) mass is 481 g/mol. The number of rotatable bonds is 9. The van der Waals surface area contributed by atoms with Crippen LogP contribution in [0.2, 0.25) is 0 Å². The summed E-state index contributed by atoms with van der Waals surface area (Å²) < 4.78 is 9.62. The number of hydrogen-bond acceptors (Lipinski definition) is 7. The summed E-state index contributed by atoms with van der Waals surface area (Å²) in [7, 11) is 0. The van der Waals surface area contributed by atoms with Crippen LogP contribution in [0, 0.1) is 5.92 Å². The first kappa shape index (κ1) is 25.4. The highest BCUT2D eigenvalue weighted by molar-refractivity contribution is 6.22. The number of hydrogen-bond donors (Lipinski definition) is 2. The smallest absolute Gasteiger partial charge is 0.434 e. The number of benzene rings is 2. The van der Waals surface area contributed by atoms with Crippen LogP contribution in [0.4, 0.5) is 4.79 Å². The Kier molecular flexibility index (Phi) is 8.19. The second-order valence-corrected chi connectivity index (χ2v) is 8.20. The van der Waals surface area contributed by atoms with E-state index in [1.807, 2.05) is 13.8 Å². The fraction of sp³-hybridized carbons (Fsp3) is 0.320. The lowest BCUT2D eigenvalue weighted by atomic mass is 10.1. The summed E-state index contributed by atoms with van der Waals surface area (Å²) in [6, 6.07) is 10.3. The van der Waals surface area contributed by atoms with Crippen molar-refractivity contribution in [3.63, 3.8) is 0 Å². The van der Waals surface area contributed by atoms with Gasteiger partial charge in [-0.3, -0.25) is 24.1 Å². The van der Waals surface area contributed by atoms with Crippen LogP contribution in [0.25, 0.3) is 0 Å². The van der Waals surface area contributed by atoms with Crippen LogP contribution >= 0.6 is 0 Å². The molecule has 0 atom stereocenters. The van der Waals surface area contributed by atoms with Gasteiger partial charge in [-0.1, -0.05) is 13.8 Å². The lowest BCUT2D eigenvalue weighted by Crippen LogP contribution is -2.34. The van der Waals surface area contributed by atoms with E-state index in [-0.39, 0.29) is 59.9 Å². The van der Waals surface area contributed by atoms with Crippen LogP contribution in [0.1, 0.15) is 62.2 Å². The van der Waals surface area contributed by atoms with Gasteiger partial charge >= 0.3 is 6.16 Å². The molecule has 3 rings (SSSR count). The zero-order chi connectivity index (χ0) is 25.5. The minimum absolute atomic E-state index is 0.131. The molecule has 0 saturated heterocycles. The summed E-state index contributed by atoms with van der Waals surface area (Å²) in [5.74, 6) is -1.17. The molecular weight excluding hydrogens is 454 g/mol. The van der Waals surface area contributed by atoms with Crippen molar-refractivity contribution in [2.75, 3.05) is 26.2 Å². The van der Waals surface area contributed by atoms with E-state index in [4.69, 9.17) is 4.74 Å². The van der Waals surface area contributed by atoms with Crippen molar-refractivity contribution in [1.29, 1.82) is 0 Å². The normalized spacial score (nSPS) is 12.4. The van der Waals surface area contributed by atoms with Crippen molar-refractivity contribution in [2.24, 2.45) is 5.92 Å². The molecule has 0 aromatic heterocycles. The van der Waals surface area contributed by atoms with Crippen LogP contribution < -0.4 is 15.4 Å². The van der Waals surface area contributed by atoms with Gasteiger partial charge in [0.25, 0.3) is 23.6 Å². The van der Waals surface area contributed by atoms with Gasteiger partial charge in [-0.25, -0.2) is 4.79 Å². The highest BCUT2D eigenvalue weighted by Gasteiger charge is 2.36. The minimum atomic E-state index is -0.826. The summed E-state index contributed by atoms with van der Waals surface area (Å²) in [4.78, 5) is 62.3. The Morgan fingerprint density at radius 1 is 0.857 bits per heavy atom. The second-order valence-electron chi connectivity index (χ2n) is 8.20. The molecule has 2 aromatic carbocycles. The zero-order valence-corrected chi connectivity index (χ0v) is 19.8. The van der Waals surface area contributed by atoms with Gasteiger partial charge in [0.05, 0.1) is 17.7 Å². The molecule has 1 heterocycles. The Balaban J connectivity index is 1.49. The van der Waals surface area contributed by atoms with E-state index < -0.39 is 18.0 Å². The van der Waals surface area contributed by atoms with Crippen LogP contribution in [0.5, 0.6) is 5.75 Å². The zero-order valence-electron chi connectivity index (χ0n) is 19.8. The van der Waals surface area contributed by atoms with E-state index in [9.17, 15) is 24.0 Å². The van der Waals surface area contributed by atoms with Gasteiger partial charge in [-0.15, -0.1) is 0 Å². The van der Waals surface area contributed by atoms with Crippen molar-refractivity contribution < 1.29 is 33.4 Å². The first-order chi connectivity index (χ1) is 16.7. The first-order valence-corrected chi connectivity index (χ1v) is 11.2. The Morgan fingerprint density at radius 2 is 1.43 bits per heavy atom. The van der Waals surface area contributed by atoms with Crippen molar-refractivity contribution in [2.45, 2.75) is 20.8 Å². The molecule has 0 spiro atoms. The third-order valence-electron chi connectivity index (χ3n) is 5.06. The fourth-order valence-electron chi connectivity index (χ4n) is 3.44. The molecule has 10 nitrogen and oxygen atoms in total. The molecule has 0 saturated carbocycles. The number of amides is 4. The average Bonchev–Trinajstić information content (AvgIpc) is 3.06. The Labute approximate surface area is 202 Å². The van der Waals surface area contributed by atoms with Gasteiger partial charge in [0.2, 0.25) is 0 Å². The van der Waals surface area contributed by atoms with Gasteiger partial charge in [0.1, 0.15) is 5.75 Å². The molecule has 4 amide bonds. The van der Waals surface area contributed by atoms with Crippen LogP contribution in [0.3, 0.4) is 0 Å². The number of ether oxygens (including phenoxy) is 2. The minimum Gasteiger partial charge on any atom is -0.434 e. The van der Waals surface area contributed by atoms with Crippen LogP contribution in [-0.2, 0) is 4.74 Å². The molecule has 1 aliphatic heterocycles. The van der Waals surface area contributed by atoms with E-state index in [2.05, 4.69) is 15.4 Å². The standard InChI is InChI=1S/C25H27N3O7/c1-4-34-25(33)35-18-8-5-16(6-9-18)21(29)26-11-12-27-22(30)17-7-10-19-20(13-17)24(32)28(23(19)31)14-15(2)3/h5-10,13,15H,4,11-12,14H2,1-3H3,(H,26,29)(H,27,30). The SMILES string of the molecule is CCOC(=O)Oc1ccc(C(=O)NCCNC(=O)c2ccc3c(c2)C(=O)N(CC(C)C)C3=O)cc1. The lowest BCUT2D eigenvalue weighted by Gasteiger charge is -2.15. The van der Waals surface area contributed by atoms with Gasteiger partial charge < -0.3 is 20.1 Å². The summed E-state index contributed by atoms with van der Waals surface area (Å²) in [6.45, 7) is 6.31. The third kappa shape index (κ3) is 6.23. The number of carbonyl (C=O) groups excluding carboxylic acids is 5. The Bertz CT molecular complexity index is 1140. The highest BCUT2D eigenvalue weighted by Crippen LogP contribution is 2.25. The molecule has 1 aliphatic rings. The summed E-state index contributed by atoms with van der Waals surface area (Å²) in [5, 5.41) is 5.35. The predicted octanol–water partition coefficient (Wildman–Crippen LogP) is 2.63. The van der Waals surface area contributed by atoms with E-state index in [1.165, 1.54) is 47.4 Å². The largest absolute Gasteiger partial charge is 0.513 e. The first-order valence-electron chi connectivity index (χ1n) is 11.2. The molecule has 35 heavy (non-hydrogen) atoms. The number of fused-ring (bicyclic) bond motifs is 1. The van der Waals surface area contributed by atoms with E-state index >= 15 is 0 Å². The number of nitrogens with zero attached hydrogens (tertiary/aromatic N) is 1. The summed E-state index contributed by atoms with van der Waals surface area (Å²) in [6.07, 6.45) is -0.826. The van der Waals surface area contributed by atoms with Crippen LogP contribution in [0.15, 0.2) is 42.5 Å². The van der Waals surface area contributed by atoms with Gasteiger partial charge in [-0.05, 0) is 55.3 Å². The van der Waals surface area contributed by atoms with Gasteiger partial charge in [-0.2, -0.15) is 0 Å². The molecule has 0 fully saturated rings. The molecule has 0 unspecified atom stereocenters. The van der Waals surface area contributed by atoms with Crippen molar-refractivity contribution in [1.82, 2.24) is 15.5 Å². The topological polar surface area (TPSA) is 131 Å². The summed E-state index contributed by atoms with van der Waals surface area (Å²) in [5.41, 5.74) is 1.10. The van der Waals surface area contributed by atoms with E-state index in [0.29, 0.717) is 12.1 Å². The Morgan fingerprint density at radius 3 is 2.03 bits per heavy atom. The van der Waals surface area contributed by atoms with Crippen LogP contribution in [-0.4, -0.2) is 60.9 Å². The number of carbonyl (C=O) groups is 5. The Hall–Kier alpha value is -4.21. The third-order valence-corrected chi connectivity index (χ3v) is 5.06. The van der Waals surface area contributed by atoms with E-state index in [0.717, 1.165) is 0 Å². The molecule has 2 N–H and O–H groups in total. The molecule has 0 radical (unpaired) electrons. The van der Waals surface area contributed by atoms with Gasteiger partial charge in [0.15, 0.2) is 0 Å². The second kappa shape index (κ2) is 11.3. The maximum Gasteiger partial charge on any atom is 0.513 e. The van der Waals surface area contributed by atoms with Crippen molar-refractivity contribution in [3.8, 4) is 5.75 Å². The fourth-order valence-corrected chi connectivity index (χ4v) is 3.44.